The minimum atomic E-state index is -0.331. The fraction of sp³-hybridized carbons (Fsp3) is 0.543. The Morgan fingerprint density at radius 3 is 2.05 bits per heavy atom. The molecule has 0 aromatic heterocycles. The first kappa shape index (κ1) is 28.2. The molecule has 0 spiro atoms. The first-order valence-electron chi connectivity index (χ1n) is 15.0. The first-order valence-corrected chi connectivity index (χ1v) is 15.0. The van der Waals surface area contributed by atoms with Crippen LogP contribution in [0.25, 0.3) is 11.1 Å². The number of nitriles is 1. The molecule has 0 bridgehead atoms. The third-order valence-corrected chi connectivity index (χ3v) is 9.16. The molecule has 3 nitrogen and oxygen atoms in total. The molecule has 0 saturated heterocycles. The van der Waals surface area contributed by atoms with Gasteiger partial charge in [-0.25, -0.2) is 4.79 Å². The molecule has 0 aliphatic heterocycles. The van der Waals surface area contributed by atoms with Crippen molar-refractivity contribution in [3.63, 3.8) is 0 Å². The lowest BCUT2D eigenvalue weighted by Crippen LogP contribution is -2.33. The van der Waals surface area contributed by atoms with Crippen molar-refractivity contribution in [2.75, 3.05) is 6.61 Å². The third kappa shape index (κ3) is 7.59. The highest BCUT2D eigenvalue weighted by Crippen LogP contribution is 2.46. The zero-order valence-electron chi connectivity index (χ0n) is 23.1. The summed E-state index contributed by atoms with van der Waals surface area (Å²) in [7, 11) is 0. The number of carbonyl (C=O) groups is 1. The van der Waals surface area contributed by atoms with E-state index in [4.69, 9.17) is 4.74 Å². The van der Waals surface area contributed by atoms with Crippen molar-refractivity contribution in [2.45, 2.75) is 102 Å². The zero-order valence-corrected chi connectivity index (χ0v) is 23.1. The SMILES string of the molecule is C=CC(=O)OCCCCCCCc1ccc(-c2ccc(C3(C#N)CCC(C4CCCCC4)CC3)cc2)cc1. The maximum atomic E-state index is 11.0. The van der Waals surface area contributed by atoms with E-state index < -0.39 is 0 Å². The number of hydrogen-bond acceptors (Lipinski definition) is 3. The summed E-state index contributed by atoms with van der Waals surface area (Å²) in [5.74, 6) is 1.41. The average molecular weight is 512 g/mol. The quantitative estimate of drug-likeness (QED) is 0.162. The first-order chi connectivity index (χ1) is 18.6. The highest BCUT2D eigenvalue weighted by molar-refractivity contribution is 5.81. The van der Waals surface area contributed by atoms with Crippen molar-refractivity contribution in [2.24, 2.45) is 11.8 Å². The number of unbranched alkanes of at least 4 members (excludes halogenated alkanes) is 4. The Balaban J connectivity index is 1.22. The van der Waals surface area contributed by atoms with Crippen LogP contribution in [0.4, 0.5) is 0 Å². The molecule has 2 aliphatic carbocycles. The number of esters is 1. The molecule has 0 amide bonds. The fourth-order valence-electron chi connectivity index (χ4n) is 6.71. The smallest absolute Gasteiger partial charge is 0.330 e. The van der Waals surface area contributed by atoms with E-state index in [0.29, 0.717) is 6.61 Å². The molecular weight excluding hydrogens is 466 g/mol. The monoisotopic (exact) mass is 511 g/mol. The van der Waals surface area contributed by atoms with Crippen LogP contribution in [0.2, 0.25) is 0 Å². The van der Waals surface area contributed by atoms with E-state index in [9.17, 15) is 10.1 Å². The molecule has 2 aliphatic rings. The molecule has 0 radical (unpaired) electrons. The van der Waals surface area contributed by atoms with E-state index in [-0.39, 0.29) is 11.4 Å². The molecule has 202 valence electrons. The molecule has 2 aromatic carbocycles. The lowest BCUT2D eigenvalue weighted by molar-refractivity contribution is -0.137. The van der Waals surface area contributed by atoms with Crippen LogP contribution >= 0.6 is 0 Å². The van der Waals surface area contributed by atoms with Gasteiger partial charge in [-0.2, -0.15) is 5.26 Å². The van der Waals surface area contributed by atoms with Crippen LogP contribution in [-0.4, -0.2) is 12.6 Å². The Labute approximate surface area is 230 Å². The van der Waals surface area contributed by atoms with Crippen LogP contribution in [0.1, 0.15) is 101 Å². The normalized spacial score (nSPS) is 21.9. The highest BCUT2D eigenvalue weighted by atomic mass is 16.5. The van der Waals surface area contributed by atoms with Gasteiger partial charge in [-0.3, -0.25) is 0 Å². The minimum absolute atomic E-state index is 0.302. The van der Waals surface area contributed by atoms with Gasteiger partial charge in [0.05, 0.1) is 18.1 Å². The van der Waals surface area contributed by atoms with Crippen molar-refractivity contribution in [1.29, 1.82) is 5.26 Å². The summed E-state index contributed by atoms with van der Waals surface area (Å²) < 4.78 is 5.02. The molecular formula is C35H45NO2. The van der Waals surface area contributed by atoms with Crippen molar-refractivity contribution < 1.29 is 9.53 Å². The number of carbonyl (C=O) groups excluding carboxylic acids is 1. The Morgan fingerprint density at radius 1 is 0.842 bits per heavy atom. The molecule has 2 saturated carbocycles. The number of nitrogens with zero attached hydrogens (tertiary/aromatic N) is 1. The summed E-state index contributed by atoms with van der Waals surface area (Å²) in [5, 5.41) is 10.2. The number of rotatable bonds is 12. The van der Waals surface area contributed by atoms with E-state index in [1.165, 1.54) is 92.5 Å². The topological polar surface area (TPSA) is 50.1 Å². The summed E-state index contributed by atoms with van der Waals surface area (Å²) in [6.45, 7) is 3.90. The number of benzene rings is 2. The van der Waals surface area contributed by atoms with Gasteiger partial charge >= 0.3 is 5.97 Å². The fourth-order valence-corrected chi connectivity index (χ4v) is 6.71. The molecule has 4 rings (SSSR count). The van der Waals surface area contributed by atoms with Gasteiger partial charge in [-0.15, -0.1) is 0 Å². The number of ether oxygens (including phenoxy) is 1. The molecule has 38 heavy (non-hydrogen) atoms. The van der Waals surface area contributed by atoms with Gasteiger partial charge in [0, 0.05) is 6.08 Å². The maximum absolute atomic E-state index is 11.0. The Hall–Kier alpha value is -2.86. The average Bonchev–Trinajstić information content (AvgIpc) is 2.99. The minimum Gasteiger partial charge on any atom is -0.463 e. The second kappa shape index (κ2) is 14.3. The molecule has 0 N–H and O–H groups in total. The van der Waals surface area contributed by atoms with Gasteiger partial charge in [0.15, 0.2) is 0 Å². The lowest BCUT2D eigenvalue weighted by atomic mass is 9.63. The Kier molecular flexibility index (Phi) is 10.6. The van der Waals surface area contributed by atoms with E-state index in [0.717, 1.165) is 43.9 Å². The second-order valence-electron chi connectivity index (χ2n) is 11.6. The van der Waals surface area contributed by atoms with Crippen LogP contribution in [0.5, 0.6) is 0 Å². The van der Waals surface area contributed by atoms with Gasteiger partial charge in [-0.05, 0) is 79.0 Å². The van der Waals surface area contributed by atoms with Gasteiger partial charge < -0.3 is 4.74 Å². The standard InChI is InChI=1S/C35H45NO2/c1-2-34(37)38-26-10-5-3-4-7-11-28-14-16-30(17-15-28)31-18-20-33(21-19-31)35(27-36)24-22-32(23-25-35)29-12-8-6-9-13-29/h2,14-21,29,32H,1,3-13,22-26H2. The largest absolute Gasteiger partial charge is 0.463 e. The van der Waals surface area contributed by atoms with Gasteiger partial charge in [-0.1, -0.05) is 106 Å². The van der Waals surface area contributed by atoms with Crippen LogP contribution in [0, 0.1) is 23.2 Å². The van der Waals surface area contributed by atoms with Gasteiger partial charge in [0.25, 0.3) is 0 Å². The van der Waals surface area contributed by atoms with Gasteiger partial charge in [0.2, 0.25) is 0 Å². The number of hydrogen-bond donors (Lipinski definition) is 0. The molecule has 0 heterocycles. The van der Waals surface area contributed by atoms with Crippen molar-refractivity contribution in [1.82, 2.24) is 0 Å². The number of aryl methyl sites for hydroxylation is 1. The van der Waals surface area contributed by atoms with Crippen LogP contribution in [0.15, 0.2) is 61.2 Å². The van der Waals surface area contributed by atoms with Crippen LogP contribution in [0.3, 0.4) is 0 Å². The third-order valence-electron chi connectivity index (χ3n) is 9.16. The van der Waals surface area contributed by atoms with Crippen molar-refractivity contribution in [3.05, 3.63) is 72.3 Å². The van der Waals surface area contributed by atoms with E-state index >= 15 is 0 Å². The van der Waals surface area contributed by atoms with Crippen LogP contribution in [-0.2, 0) is 21.4 Å². The molecule has 3 heteroatoms. The summed E-state index contributed by atoms with van der Waals surface area (Å²) in [5.41, 5.74) is 4.75. The zero-order chi connectivity index (χ0) is 26.6. The van der Waals surface area contributed by atoms with Crippen molar-refractivity contribution in [3.8, 4) is 17.2 Å². The van der Waals surface area contributed by atoms with E-state index in [1.54, 1.807) is 0 Å². The van der Waals surface area contributed by atoms with Gasteiger partial charge in [0.1, 0.15) is 0 Å². The molecule has 2 fully saturated rings. The maximum Gasteiger partial charge on any atom is 0.330 e. The second-order valence-corrected chi connectivity index (χ2v) is 11.6. The predicted octanol–water partition coefficient (Wildman–Crippen LogP) is 9.11. The van der Waals surface area contributed by atoms with Crippen molar-refractivity contribution >= 4 is 5.97 Å². The van der Waals surface area contributed by atoms with Crippen LogP contribution < -0.4 is 0 Å². The summed E-state index contributed by atoms with van der Waals surface area (Å²) in [4.78, 5) is 11.0. The highest BCUT2D eigenvalue weighted by Gasteiger charge is 2.39. The molecule has 2 aromatic rings. The van der Waals surface area contributed by atoms with E-state index in [1.807, 2.05) is 0 Å². The van der Waals surface area contributed by atoms with E-state index in [2.05, 4.69) is 61.2 Å². The summed E-state index contributed by atoms with van der Waals surface area (Å²) >= 11 is 0. The summed E-state index contributed by atoms with van der Waals surface area (Å²) in [6, 6.07) is 20.6. The summed E-state index contributed by atoms with van der Waals surface area (Å²) in [6.07, 6.45) is 19.4. The molecule has 0 unspecified atom stereocenters. The molecule has 0 atom stereocenters. The Bertz CT molecular complexity index is 1050. The lowest BCUT2D eigenvalue weighted by Gasteiger charge is -2.39. The predicted molar refractivity (Wildman–Crippen MR) is 156 cm³/mol. The Morgan fingerprint density at radius 2 is 1.42 bits per heavy atom.